The lowest BCUT2D eigenvalue weighted by Gasteiger charge is -2.29. The summed E-state index contributed by atoms with van der Waals surface area (Å²) < 4.78 is 1.96. The van der Waals surface area contributed by atoms with Gasteiger partial charge in [0, 0.05) is 13.6 Å². The molecule has 0 aliphatic rings. The Morgan fingerprint density at radius 3 is 2.21 bits per heavy atom. The van der Waals surface area contributed by atoms with Gasteiger partial charge in [0.05, 0.1) is 11.8 Å². The molecule has 0 atom stereocenters. The first-order chi connectivity index (χ1) is 13.6. The standard InChI is InChI=1S/C22H24N4OS/c1-4-15-26-17(2)23-24-22(26)28-16-20(27)25(3)21(18-11-7-5-8-12-18)19-13-9-6-10-14-19/h4-14,21H,1,15-16H2,2-3H3. The zero-order chi connectivity index (χ0) is 19.9. The van der Waals surface area contributed by atoms with Crippen molar-refractivity contribution < 1.29 is 4.79 Å². The third-order valence-electron chi connectivity index (χ3n) is 4.55. The van der Waals surface area contributed by atoms with Gasteiger partial charge in [-0.1, -0.05) is 78.5 Å². The lowest BCUT2D eigenvalue weighted by atomic mass is 9.97. The van der Waals surface area contributed by atoms with E-state index >= 15 is 0 Å². The number of nitrogens with zero attached hydrogens (tertiary/aromatic N) is 4. The van der Waals surface area contributed by atoms with Gasteiger partial charge in [0.25, 0.3) is 0 Å². The van der Waals surface area contributed by atoms with Crippen molar-refractivity contribution in [3.05, 3.63) is 90.3 Å². The molecule has 0 spiro atoms. The van der Waals surface area contributed by atoms with Crippen molar-refractivity contribution >= 4 is 17.7 Å². The summed E-state index contributed by atoms with van der Waals surface area (Å²) in [5, 5.41) is 9.02. The van der Waals surface area contributed by atoms with E-state index in [-0.39, 0.29) is 11.9 Å². The molecule has 0 saturated heterocycles. The van der Waals surface area contributed by atoms with Crippen molar-refractivity contribution in [3.63, 3.8) is 0 Å². The van der Waals surface area contributed by atoms with Crippen LogP contribution in [0, 0.1) is 6.92 Å². The van der Waals surface area contributed by atoms with Gasteiger partial charge in [-0.3, -0.25) is 4.79 Å². The molecule has 5 nitrogen and oxygen atoms in total. The van der Waals surface area contributed by atoms with Gasteiger partial charge in [-0.05, 0) is 18.1 Å². The summed E-state index contributed by atoms with van der Waals surface area (Å²) in [6, 6.07) is 20.0. The normalized spacial score (nSPS) is 10.8. The predicted molar refractivity (Wildman–Crippen MR) is 113 cm³/mol. The van der Waals surface area contributed by atoms with E-state index in [0.29, 0.717) is 12.3 Å². The molecule has 1 amide bonds. The van der Waals surface area contributed by atoms with Gasteiger partial charge in [0.15, 0.2) is 5.16 Å². The van der Waals surface area contributed by atoms with E-state index in [1.54, 1.807) is 11.0 Å². The zero-order valence-corrected chi connectivity index (χ0v) is 17.0. The fourth-order valence-electron chi connectivity index (χ4n) is 3.09. The van der Waals surface area contributed by atoms with Gasteiger partial charge in [0.2, 0.25) is 5.91 Å². The topological polar surface area (TPSA) is 51.0 Å². The molecule has 144 valence electrons. The fourth-order valence-corrected chi connectivity index (χ4v) is 4.01. The molecule has 6 heteroatoms. The van der Waals surface area contributed by atoms with Gasteiger partial charge in [-0.15, -0.1) is 16.8 Å². The number of thioether (sulfide) groups is 1. The Hall–Kier alpha value is -2.86. The first-order valence-electron chi connectivity index (χ1n) is 9.11. The number of carbonyl (C=O) groups excluding carboxylic acids is 1. The van der Waals surface area contributed by atoms with E-state index in [1.165, 1.54) is 11.8 Å². The van der Waals surface area contributed by atoms with E-state index in [0.717, 1.165) is 22.1 Å². The molecular weight excluding hydrogens is 368 g/mol. The summed E-state index contributed by atoms with van der Waals surface area (Å²) in [6.45, 7) is 6.30. The van der Waals surface area contributed by atoms with Crippen LogP contribution >= 0.6 is 11.8 Å². The molecule has 1 aromatic heterocycles. The van der Waals surface area contributed by atoms with Crippen LogP contribution in [0.1, 0.15) is 23.0 Å². The number of allylic oxidation sites excluding steroid dienone is 1. The van der Waals surface area contributed by atoms with Crippen molar-refractivity contribution in [2.75, 3.05) is 12.8 Å². The number of hydrogen-bond donors (Lipinski definition) is 0. The summed E-state index contributed by atoms with van der Waals surface area (Å²) in [4.78, 5) is 14.8. The molecule has 0 unspecified atom stereocenters. The maximum absolute atomic E-state index is 13.0. The average molecular weight is 393 g/mol. The Morgan fingerprint density at radius 1 is 1.11 bits per heavy atom. The first kappa shape index (κ1) is 19.9. The summed E-state index contributed by atoms with van der Waals surface area (Å²) >= 11 is 1.40. The van der Waals surface area contributed by atoms with Crippen molar-refractivity contribution in [3.8, 4) is 0 Å². The zero-order valence-electron chi connectivity index (χ0n) is 16.2. The van der Waals surface area contributed by atoms with Crippen LogP contribution < -0.4 is 0 Å². The lowest BCUT2D eigenvalue weighted by molar-refractivity contribution is -0.128. The summed E-state index contributed by atoms with van der Waals surface area (Å²) in [6.07, 6.45) is 1.80. The Morgan fingerprint density at radius 2 is 1.68 bits per heavy atom. The van der Waals surface area contributed by atoms with Gasteiger partial charge < -0.3 is 9.47 Å². The molecule has 3 rings (SSSR count). The number of amides is 1. The number of aromatic nitrogens is 3. The fraction of sp³-hybridized carbons (Fsp3) is 0.227. The van der Waals surface area contributed by atoms with Gasteiger partial charge in [0.1, 0.15) is 5.82 Å². The van der Waals surface area contributed by atoms with E-state index < -0.39 is 0 Å². The van der Waals surface area contributed by atoms with Crippen LogP contribution in [0.5, 0.6) is 0 Å². The van der Waals surface area contributed by atoms with Crippen LogP contribution in [0.3, 0.4) is 0 Å². The van der Waals surface area contributed by atoms with Crippen molar-refractivity contribution in [1.29, 1.82) is 0 Å². The minimum atomic E-state index is -0.136. The Labute approximate surface area is 170 Å². The van der Waals surface area contributed by atoms with Crippen molar-refractivity contribution in [2.24, 2.45) is 0 Å². The summed E-state index contributed by atoms with van der Waals surface area (Å²) in [5.41, 5.74) is 2.17. The van der Waals surface area contributed by atoms with Crippen LogP contribution in [0.15, 0.2) is 78.5 Å². The van der Waals surface area contributed by atoms with Crippen LogP contribution in [0.4, 0.5) is 0 Å². The molecule has 3 aromatic rings. The Balaban J connectivity index is 1.78. The smallest absolute Gasteiger partial charge is 0.233 e. The largest absolute Gasteiger partial charge is 0.334 e. The molecular formula is C22H24N4OS. The minimum Gasteiger partial charge on any atom is -0.334 e. The van der Waals surface area contributed by atoms with Crippen LogP contribution in [0.25, 0.3) is 0 Å². The van der Waals surface area contributed by atoms with Gasteiger partial charge in [-0.25, -0.2) is 0 Å². The van der Waals surface area contributed by atoms with E-state index in [2.05, 4.69) is 41.0 Å². The quantitative estimate of drug-likeness (QED) is 0.428. The van der Waals surface area contributed by atoms with Crippen molar-refractivity contribution in [2.45, 2.75) is 24.7 Å². The molecule has 0 fully saturated rings. The van der Waals surface area contributed by atoms with Gasteiger partial charge in [-0.2, -0.15) is 0 Å². The monoisotopic (exact) mass is 392 g/mol. The molecule has 2 aromatic carbocycles. The van der Waals surface area contributed by atoms with E-state index in [9.17, 15) is 4.79 Å². The molecule has 0 N–H and O–H groups in total. The minimum absolute atomic E-state index is 0.0357. The molecule has 0 aliphatic carbocycles. The maximum Gasteiger partial charge on any atom is 0.233 e. The molecule has 28 heavy (non-hydrogen) atoms. The predicted octanol–water partition coefficient (Wildman–Crippen LogP) is 4.11. The summed E-state index contributed by atoms with van der Waals surface area (Å²) in [7, 11) is 1.85. The molecule has 0 saturated carbocycles. The first-order valence-corrected chi connectivity index (χ1v) is 10.1. The Bertz CT molecular complexity index is 885. The highest BCUT2D eigenvalue weighted by molar-refractivity contribution is 7.99. The number of hydrogen-bond acceptors (Lipinski definition) is 4. The molecule has 0 bridgehead atoms. The highest BCUT2D eigenvalue weighted by atomic mass is 32.2. The van der Waals surface area contributed by atoms with E-state index in [1.807, 2.05) is 54.9 Å². The molecule has 1 heterocycles. The number of carbonyl (C=O) groups is 1. The van der Waals surface area contributed by atoms with Crippen LogP contribution in [0.2, 0.25) is 0 Å². The lowest BCUT2D eigenvalue weighted by Crippen LogP contribution is -2.33. The average Bonchev–Trinajstić information content (AvgIpc) is 3.08. The van der Waals surface area contributed by atoms with E-state index in [4.69, 9.17) is 0 Å². The second kappa shape index (κ2) is 9.37. The SMILES string of the molecule is C=CCn1c(C)nnc1SCC(=O)N(C)C(c1ccccc1)c1ccccc1. The maximum atomic E-state index is 13.0. The summed E-state index contributed by atoms with van der Waals surface area (Å²) in [5.74, 6) is 1.14. The number of aryl methyl sites for hydroxylation is 1. The number of benzene rings is 2. The third kappa shape index (κ3) is 4.51. The number of rotatable bonds is 8. The third-order valence-corrected chi connectivity index (χ3v) is 5.50. The Kier molecular flexibility index (Phi) is 6.66. The second-order valence-electron chi connectivity index (χ2n) is 6.45. The highest BCUT2D eigenvalue weighted by Gasteiger charge is 2.24. The van der Waals surface area contributed by atoms with Gasteiger partial charge >= 0.3 is 0 Å². The van der Waals surface area contributed by atoms with Crippen LogP contribution in [-0.4, -0.2) is 38.4 Å². The second-order valence-corrected chi connectivity index (χ2v) is 7.39. The van der Waals surface area contributed by atoms with Crippen LogP contribution in [-0.2, 0) is 11.3 Å². The van der Waals surface area contributed by atoms with Crippen molar-refractivity contribution in [1.82, 2.24) is 19.7 Å². The molecule has 0 aliphatic heterocycles. The molecule has 0 radical (unpaired) electrons. The highest BCUT2D eigenvalue weighted by Crippen LogP contribution is 2.28.